The Morgan fingerprint density at radius 1 is 1.06 bits per heavy atom. The third kappa shape index (κ3) is 3.99. The molecule has 0 fully saturated rings. The van der Waals surface area contributed by atoms with Gasteiger partial charge in [-0.05, 0) is 50.2 Å². The van der Waals surface area contributed by atoms with E-state index in [1.807, 2.05) is 23.6 Å². The maximum Gasteiger partial charge on any atom is 0.338 e. The SMILES string of the molecule is CCOC(=O)c1cccc(-c2c(C)nc3c(OCc4c(F)cccc4F)cccn23)c1. The number of halogens is 2. The number of carbonyl (C=O) groups excluding carboxylic acids is 1. The van der Waals surface area contributed by atoms with E-state index in [1.165, 1.54) is 18.2 Å². The zero-order valence-electron chi connectivity index (χ0n) is 17.1. The fourth-order valence-corrected chi connectivity index (χ4v) is 3.44. The van der Waals surface area contributed by atoms with E-state index in [1.54, 1.807) is 37.3 Å². The van der Waals surface area contributed by atoms with E-state index in [0.29, 0.717) is 29.3 Å². The van der Waals surface area contributed by atoms with Crippen LogP contribution in [0.5, 0.6) is 5.75 Å². The van der Waals surface area contributed by atoms with Crippen LogP contribution in [0.4, 0.5) is 8.78 Å². The van der Waals surface area contributed by atoms with Crippen molar-refractivity contribution < 1.29 is 23.0 Å². The Kier molecular flexibility index (Phi) is 5.66. The fraction of sp³-hybridized carbons (Fsp3) is 0.167. The molecule has 7 heteroatoms. The van der Waals surface area contributed by atoms with Crippen molar-refractivity contribution in [1.29, 1.82) is 0 Å². The summed E-state index contributed by atoms with van der Waals surface area (Å²) in [5.41, 5.74) is 3.09. The molecule has 0 aliphatic rings. The number of aromatic nitrogens is 2. The molecular weight excluding hydrogens is 402 g/mol. The number of hydrogen-bond acceptors (Lipinski definition) is 4. The molecular formula is C24H20F2N2O3. The van der Waals surface area contributed by atoms with Crippen LogP contribution < -0.4 is 4.74 Å². The summed E-state index contributed by atoms with van der Waals surface area (Å²) in [5.74, 6) is -1.33. The van der Waals surface area contributed by atoms with Gasteiger partial charge in [-0.15, -0.1) is 0 Å². The largest absolute Gasteiger partial charge is 0.485 e. The summed E-state index contributed by atoms with van der Waals surface area (Å²) in [5, 5.41) is 0. The molecule has 0 saturated heterocycles. The minimum atomic E-state index is -0.664. The summed E-state index contributed by atoms with van der Waals surface area (Å²) in [6, 6.07) is 14.2. The maximum absolute atomic E-state index is 13.9. The number of benzene rings is 2. The molecule has 2 aromatic carbocycles. The molecule has 0 aliphatic carbocycles. The van der Waals surface area contributed by atoms with Crippen LogP contribution in [0.1, 0.15) is 28.5 Å². The molecule has 0 bridgehead atoms. The van der Waals surface area contributed by atoms with E-state index in [-0.39, 0.29) is 12.2 Å². The van der Waals surface area contributed by atoms with Gasteiger partial charge in [0.15, 0.2) is 11.4 Å². The third-order valence-electron chi connectivity index (χ3n) is 4.87. The number of pyridine rings is 1. The second kappa shape index (κ2) is 8.55. The van der Waals surface area contributed by atoms with Crippen LogP contribution in [0.15, 0.2) is 60.8 Å². The van der Waals surface area contributed by atoms with Crippen molar-refractivity contribution in [2.24, 2.45) is 0 Å². The van der Waals surface area contributed by atoms with Gasteiger partial charge in [-0.25, -0.2) is 18.6 Å². The lowest BCUT2D eigenvalue weighted by atomic mass is 10.1. The van der Waals surface area contributed by atoms with Gasteiger partial charge in [0.25, 0.3) is 0 Å². The normalized spacial score (nSPS) is 11.0. The highest BCUT2D eigenvalue weighted by Gasteiger charge is 2.17. The van der Waals surface area contributed by atoms with E-state index in [9.17, 15) is 13.6 Å². The molecule has 158 valence electrons. The van der Waals surface area contributed by atoms with Crippen molar-refractivity contribution in [3.8, 4) is 17.0 Å². The Morgan fingerprint density at radius 3 is 2.55 bits per heavy atom. The van der Waals surface area contributed by atoms with Crippen LogP contribution in [0.2, 0.25) is 0 Å². The average Bonchev–Trinajstić information content (AvgIpc) is 3.10. The molecule has 4 rings (SSSR count). The fourth-order valence-electron chi connectivity index (χ4n) is 3.44. The summed E-state index contributed by atoms with van der Waals surface area (Å²) in [7, 11) is 0. The second-order valence-electron chi connectivity index (χ2n) is 6.90. The van der Waals surface area contributed by atoms with Crippen molar-refractivity contribution in [2.45, 2.75) is 20.5 Å². The number of carbonyl (C=O) groups is 1. The van der Waals surface area contributed by atoms with Gasteiger partial charge < -0.3 is 9.47 Å². The van der Waals surface area contributed by atoms with Crippen LogP contribution in [-0.2, 0) is 11.3 Å². The van der Waals surface area contributed by atoms with Gasteiger partial charge in [-0.1, -0.05) is 18.2 Å². The van der Waals surface area contributed by atoms with Crippen LogP contribution in [0.25, 0.3) is 16.9 Å². The van der Waals surface area contributed by atoms with E-state index in [2.05, 4.69) is 4.98 Å². The zero-order chi connectivity index (χ0) is 22.0. The van der Waals surface area contributed by atoms with Gasteiger partial charge in [0.2, 0.25) is 0 Å². The monoisotopic (exact) mass is 422 g/mol. The first-order valence-electron chi connectivity index (χ1n) is 9.80. The zero-order valence-corrected chi connectivity index (χ0v) is 17.1. The van der Waals surface area contributed by atoms with Gasteiger partial charge in [-0.2, -0.15) is 0 Å². The predicted octanol–water partition coefficient (Wildman–Crippen LogP) is 5.34. The molecule has 0 aliphatic heterocycles. The quantitative estimate of drug-likeness (QED) is 0.394. The molecule has 0 unspecified atom stereocenters. The summed E-state index contributed by atoms with van der Waals surface area (Å²) in [6.45, 7) is 3.63. The van der Waals surface area contributed by atoms with Crippen molar-refractivity contribution >= 4 is 11.6 Å². The Bertz CT molecular complexity index is 1250. The molecule has 0 atom stereocenters. The summed E-state index contributed by atoms with van der Waals surface area (Å²) >= 11 is 0. The number of ether oxygens (including phenoxy) is 2. The number of hydrogen-bond donors (Lipinski definition) is 0. The molecule has 5 nitrogen and oxygen atoms in total. The molecule has 0 amide bonds. The van der Waals surface area contributed by atoms with E-state index in [0.717, 1.165) is 11.3 Å². The summed E-state index contributed by atoms with van der Waals surface area (Å²) < 4.78 is 40.5. The molecule has 4 aromatic rings. The number of esters is 1. The highest BCUT2D eigenvalue weighted by molar-refractivity contribution is 5.91. The van der Waals surface area contributed by atoms with Crippen LogP contribution in [0.3, 0.4) is 0 Å². The summed E-state index contributed by atoms with van der Waals surface area (Å²) in [6.07, 6.45) is 1.82. The molecule has 0 radical (unpaired) electrons. The molecule has 0 saturated carbocycles. The lowest BCUT2D eigenvalue weighted by molar-refractivity contribution is 0.0526. The molecule has 2 heterocycles. The first-order chi connectivity index (χ1) is 15.0. The van der Waals surface area contributed by atoms with E-state index in [4.69, 9.17) is 9.47 Å². The molecule has 31 heavy (non-hydrogen) atoms. The van der Waals surface area contributed by atoms with Gasteiger partial charge in [-0.3, -0.25) is 4.40 Å². The maximum atomic E-state index is 13.9. The molecule has 2 aromatic heterocycles. The van der Waals surface area contributed by atoms with Crippen molar-refractivity contribution in [3.05, 3.63) is 89.2 Å². The van der Waals surface area contributed by atoms with Gasteiger partial charge in [0, 0.05) is 11.8 Å². The number of aryl methyl sites for hydroxylation is 1. The van der Waals surface area contributed by atoms with Crippen LogP contribution >= 0.6 is 0 Å². The highest BCUT2D eigenvalue weighted by Crippen LogP contribution is 2.30. The first-order valence-corrected chi connectivity index (χ1v) is 9.80. The molecule has 0 N–H and O–H groups in total. The second-order valence-corrected chi connectivity index (χ2v) is 6.90. The summed E-state index contributed by atoms with van der Waals surface area (Å²) in [4.78, 5) is 16.7. The molecule has 0 spiro atoms. The van der Waals surface area contributed by atoms with Crippen LogP contribution in [0, 0.1) is 18.6 Å². The average molecular weight is 422 g/mol. The van der Waals surface area contributed by atoms with Crippen LogP contribution in [-0.4, -0.2) is 22.0 Å². The third-order valence-corrected chi connectivity index (χ3v) is 4.87. The van der Waals surface area contributed by atoms with Crippen molar-refractivity contribution in [2.75, 3.05) is 6.61 Å². The number of imidazole rings is 1. The minimum Gasteiger partial charge on any atom is -0.485 e. The first kappa shape index (κ1) is 20.5. The topological polar surface area (TPSA) is 52.8 Å². The smallest absolute Gasteiger partial charge is 0.338 e. The van der Waals surface area contributed by atoms with Gasteiger partial charge in [0.05, 0.1) is 29.1 Å². The van der Waals surface area contributed by atoms with Gasteiger partial charge >= 0.3 is 5.97 Å². The highest BCUT2D eigenvalue weighted by atomic mass is 19.1. The lowest BCUT2D eigenvalue weighted by Crippen LogP contribution is -2.04. The standard InChI is InChI=1S/C24H20F2N2O3/c1-3-30-24(29)17-8-4-7-16(13-17)22-15(2)27-23-21(11-6-12-28(22)23)31-14-18-19(25)9-5-10-20(18)26/h4-13H,3,14H2,1-2H3. The minimum absolute atomic E-state index is 0.143. The Balaban J connectivity index is 1.71. The number of rotatable bonds is 6. The number of fused-ring (bicyclic) bond motifs is 1. The van der Waals surface area contributed by atoms with E-state index >= 15 is 0 Å². The van der Waals surface area contributed by atoms with Gasteiger partial charge in [0.1, 0.15) is 18.2 Å². The number of nitrogens with zero attached hydrogens (tertiary/aromatic N) is 2. The van der Waals surface area contributed by atoms with Crippen molar-refractivity contribution in [1.82, 2.24) is 9.38 Å². The van der Waals surface area contributed by atoms with E-state index < -0.39 is 17.6 Å². The predicted molar refractivity (Wildman–Crippen MR) is 112 cm³/mol. The van der Waals surface area contributed by atoms with Crippen molar-refractivity contribution in [3.63, 3.8) is 0 Å². The Labute approximate surface area is 177 Å². The Hall–Kier alpha value is -3.74. The lowest BCUT2D eigenvalue weighted by Gasteiger charge is -2.10. The Morgan fingerprint density at radius 2 is 1.81 bits per heavy atom.